The van der Waals surface area contributed by atoms with Gasteiger partial charge in [0.25, 0.3) is 0 Å². The summed E-state index contributed by atoms with van der Waals surface area (Å²) in [5.74, 6) is 2.31. The van der Waals surface area contributed by atoms with E-state index in [2.05, 4.69) is 37.2 Å². The second kappa shape index (κ2) is 11.3. The van der Waals surface area contributed by atoms with Gasteiger partial charge < -0.3 is 24.6 Å². The van der Waals surface area contributed by atoms with E-state index in [0.29, 0.717) is 21.6 Å². The summed E-state index contributed by atoms with van der Waals surface area (Å²) >= 11 is 7.42. The third kappa shape index (κ3) is 6.03. The van der Waals surface area contributed by atoms with Gasteiger partial charge in [-0.3, -0.25) is 4.79 Å². The van der Waals surface area contributed by atoms with Crippen LogP contribution in [0.2, 0.25) is 5.02 Å². The molecule has 4 rings (SSSR count). The number of rotatable bonds is 8. The van der Waals surface area contributed by atoms with E-state index in [1.54, 1.807) is 38.6 Å². The molecular formula is C24H26ClN5O3S. The predicted molar refractivity (Wildman–Crippen MR) is 137 cm³/mol. The summed E-state index contributed by atoms with van der Waals surface area (Å²) in [6, 6.07) is 15.1. The molecule has 2 aromatic carbocycles. The maximum atomic E-state index is 12.4. The molecule has 178 valence electrons. The van der Waals surface area contributed by atoms with Gasteiger partial charge in [-0.25, -0.2) is 9.97 Å². The number of carbonyl (C=O) groups excluding carboxylic acids is 1. The minimum Gasteiger partial charge on any atom is -0.497 e. The number of amides is 1. The monoisotopic (exact) mass is 499 g/mol. The highest BCUT2D eigenvalue weighted by molar-refractivity contribution is 7.99. The highest BCUT2D eigenvalue weighted by Crippen LogP contribution is 2.28. The average Bonchev–Trinajstić information content (AvgIpc) is 2.88. The van der Waals surface area contributed by atoms with Gasteiger partial charge in [-0.2, -0.15) is 0 Å². The first-order valence-corrected chi connectivity index (χ1v) is 12.2. The average molecular weight is 500 g/mol. The summed E-state index contributed by atoms with van der Waals surface area (Å²) in [4.78, 5) is 25.9. The van der Waals surface area contributed by atoms with Crippen LogP contribution in [0.5, 0.6) is 11.5 Å². The summed E-state index contributed by atoms with van der Waals surface area (Å²) in [5.41, 5.74) is 1.77. The van der Waals surface area contributed by atoms with Gasteiger partial charge >= 0.3 is 0 Å². The zero-order chi connectivity index (χ0) is 23.9. The molecule has 34 heavy (non-hydrogen) atoms. The lowest BCUT2D eigenvalue weighted by atomic mass is 10.2. The molecule has 0 bridgehead atoms. The van der Waals surface area contributed by atoms with Crippen LogP contribution in [0, 0.1) is 0 Å². The number of ether oxygens (including phenoxy) is 2. The summed E-state index contributed by atoms with van der Waals surface area (Å²) in [5, 5.41) is 3.84. The summed E-state index contributed by atoms with van der Waals surface area (Å²) in [6.45, 7) is 3.45. The van der Waals surface area contributed by atoms with E-state index in [4.69, 9.17) is 21.1 Å². The molecule has 0 saturated carbocycles. The number of benzene rings is 2. The van der Waals surface area contributed by atoms with E-state index < -0.39 is 0 Å². The Kier molecular flexibility index (Phi) is 7.97. The summed E-state index contributed by atoms with van der Waals surface area (Å²) < 4.78 is 10.5. The Morgan fingerprint density at radius 2 is 1.85 bits per heavy atom. The molecule has 0 unspecified atom stereocenters. The first-order chi connectivity index (χ1) is 16.6. The predicted octanol–water partition coefficient (Wildman–Crippen LogP) is 4.20. The molecule has 0 atom stereocenters. The number of hydrogen-bond donors (Lipinski definition) is 1. The largest absolute Gasteiger partial charge is 0.497 e. The summed E-state index contributed by atoms with van der Waals surface area (Å²) in [7, 11) is 3.23. The Bertz CT molecular complexity index is 1140. The maximum Gasteiger partial charge on any atom is 0.234 e. The smallest absolute Gasteiger partial charge is 0.234 e. The Morgan fingerprint density at radius 3 is 2.59 bits per heavy atom. The Balaban J connectivity index is 1.30. The molecule has 10 heteroatoms. The molecule has 1 fully saturated rings. The van der Waals surface area contributed by atoms with Crippen molar-refractivity contribution < 1.29 is 14.3 Å². The quantitative estimate of drug-likeness (QED) is 0.365. The van der Waals surface area contributed by atoms with E-state index in [-0.39, 0.29) is 11.7 Å². The zero-order valence-corrected chi connectivity index (χ0v) is 20.6. The van der Waals surface area contributed by atoms with Crippen LogP contribution in [0.25, 0.3) is 0 Å². The van der Waals surface area contributed by atoms with Crippen LogP contribution in [0.1, 0.15) is 0 Å². The van der Waals surface area contributed by atoms with E-state index in [9.17, 15) is 4.79 Å². The van der Waals surface area contributed by atoms with E-state index in [0.717, 1.165) is 43.4 Å². The molecule has 8 nitrogen and oxygen atoms in total. The van der Waals surface area contributed by atoms with Crippen LogP contribution >= 0.6 is 23.4 Å². The number of anilines is 3. The van der Waals surface area contributed by atoms with Crippen molar-refractivity contribution in [1.29, 1.82) is 0 Å². The first-order valence-electron chi connectivity index (χ1n) is 10.8. The number of halogens is 1. The standard InChI is InChI=1S/C24H26ClN5O3S/c1-32-19-5-3-4-18(15-19)29-10-12-30(13-11-29)22-8-9-26-24(28-22)34-16-23(31)27-17-6-7-21(33-2)20(25)14-17/h3-9,14-15H,10-13,16H2,1-2H3,(H,27,31). The fourth-order valence-electron chi connectivity index (χ4n) is 3.65. The van der Waals surface area contributed by atoms with Gasteiger partial charge in [0, 0.05) is 49.8 Å². The minimum atomic E-state index is -0.160. The lowest BCUT2D eigenvalue weighted by molar-refractivity contribution is -0.113. The van der Waals surface area contributed by atoms with Crippen molar-refractivity contribution in [3.8, 4) is 11.5 Å². The minimum absolute atomic E-state index is 0.160. The second-order valence-electron chi connectivity index (χ2n) is 7.56. The molecule has 1 aromatic heterocycles. The number of piperazine rings is 1. The van der Waals surface area contributed by atoms with Crippen LogP contribution in [0.15, 0.2) is 59.9 Å². The van der Waals surface area contributed by atoms with Gasteiger partial charge in [0.1, 0.15) is 17.3 Å². The van der Waals surface area contributed by atoms with E-state index >= 15 is 0 Å². The van der Waals surface area contributed by atoms with Crippen LogP contribution in [0.3, 0.4) is 0 Å². The molecule has 1 aliphatic rings. The van der Waals surface area contributed by atoms with E-state index in [1.165, 1.54) is 11.8 Å². The van der Waals surface area contributed by atoms with Crippen molar-refractivity contribution >= 4 is 46.5 Å². The van der Waals surface area contributed by atoms with Crippen molar-refractivity contribution in [2.75, 3.05) is 61.3 Å². The molecule has 3 aromatic rings. The topological polar surface area (TPSA) is 79.8 Å². The molecule has 0 spiro atoms. The molecule has 1 N–H and O–H groups in total. The maximum absolute atomic E-state index is 12.4. The normalized spacial score (nSPS) is 13.5. The SMILES string of the molecule is COc1cccc(N2CCN(c3ccnc(SCC(=O)Nc4ccc(OC)c(Cl)c4)n3)CC2)c1. The molecular weight excluding hydrogens is 474 g/mol. The van der Waals surface area contributed by atoms with E-state index in [1.807, 2.05) is 18.2 Å². The van der Waals surface area contributed by atoms with Gasteiger partial charge in [-0.05, 0) is 36.4 Å². The fraction of sp³-hybridized carbons (Fsp3) is 0.292. The third-order valence-electron chi connectivity index (χ3n) is 5.41. The number of nitrogens with zero attached hydrogens (tertiary/aromatic N) is 4. The molecule has 0 aliphatic carbocycles. The van der Waals surface area contributed by atoms with Gasteiger partial charge in [-0.1, -0.05) is 29.4 Å². The number of aromatic nitrogens is 2. The number of nitrogens with one attached hydrogen (secondary N) is 1. The number of thioether (sulfide) groups is 1. The fourth-order valence-corrected chi connectivity index (χ4v) is 4.53. The Morgan fingerprint density at radius 1 is 1.06 bits per heavy atom. The number of carbonyl (C=O) groups is 1. The van der Waals surface area contributed by atoms with Crippen molar-refractivity contribution in [3.63, 3.8) is 0 Å². The van der Waals surface area contributed by atoms with Gasteiger partial charge in [0.05, 0.1) is 25.0 Å². The van der Waals surface area contributed by atoms with Crippen LogP contribution < -0.4 is 24.6 Å². The zero-order valence-electron chi connectivity index (χ0n) is 19.0. The Hall–Kier alpha value is -3.17. The van der Waals surface area contributed by atoms with Crippen LogP contribution in [0.4, 0.5) is 17.2 Å². The highest BCUT2D eigenvalue weighted by atomic mass is 35.5. The lowest BCUT2D eigenvalue weighted by Crippen LogP contribution is -2.46. The van der Waals surface area contributed by atoms with Crippen LogP contribution in [-0.4, -0.2) is 62.0 Å². The molecule has 1 saturated heterocycles. The van der Waals surface area contributed by atoms with Crippen molar-refractivity contribution in [1.82, 2.24) is 9.97 Å². The molecule has 0 radical (unpaired) electrons. The highest BCUT2D eigenvalue weighted by Gasteiger charge is 2.19. The molecule has 2 heterocycles. The van der Waals surface area contributed by atoms with Gasteiger partial charge in [0.15, 0.2) is 5.16 Å². The Labute approximate surface area is 208 Å². The molecule has 1 aliphatic heterocycles. The van der Waals surface area contributed by atoms with Crippen molar-refractivity contribution in [3.05, 3.63) is 59.8 Å². The van der Waals surface area contributed by atoms with Gasteiger partial charge in [-0.15, -0.1) is 0 Å². The number of methoxy groups -OCH3 is 2. The van der Waals surface area contributed by atoms with Crippen molar-refractivity contribution in [2.24, 2.45) is 0 Å². The van der Waals surface area contributed by atoms with Gasteiger partial charge in [0.2, 0.25) is 5.91 Å². The summed E-state index contributed by atoms with van der Waals surface area (Å²) in [6.07, 6.45) is 1.74. The number of hydrogen-bond acceptors (Lipinski definition) is 8. The van der Waals surface area contributed by atoms with Crippen molar-refractivity contribution in [2.45, 2.75) is 5.16 Å². The first kappa shape index (κ1) is 24.0. The van der Waals surface area contributed by atoms with Crippen LogP contribution in [-0.2, 0) is 4.79 Å². The second-order valence-corrected chi connectivity index (χ2v) is 8.91. The molecule has 1 amide bonds. The third-order valence-corrected chi connectivity index (χ3v) is 6.57. The lowest BCUT2D eigenvalue weighted by Gasteiger charge is -2.36.